The highest BCUT2D eigenvalue weighted by molar-refractivity contribution is 9.10. The van der Waals surface area contributed by atoms with Crippen LogP contribution in [0.4, 0.5) is 0 Å². The van der Waals surface area contributed by atoms with E-state index in [0.29, 0.717) is 12.0 Å². The van der Waals surface area contributed by atoms with E-state index in [2.05, 4.69) is 32.6 Å². The Morgan fingerprint density at radius 1 is 1.39 bits per heavy atom. The van der Waals surface area contributed by atoms with Gasteiger partial charge >= 0.3 is 0 Å². The standard InChI is InChI=1S/C14H21BrN2O/c1-16-14(10-5-7-17-8-6-10)12-9-11(15)3-4-13(12)18-2/h3-4,9-10,14,16-17H,5-8H2,1-2H3. The lowest BCUT2D eigenvalue weighted by Gasteiger charge is -2.31. The molecule has 1 atom stereocenters. The highest BCUT2D eigenvalue weighted by Gasteiger charge is 2.26. The van der Waals surface area contributed by atoms with E-state index in [1.807, 2.05) is 19.2 Å². The molecule has 1 heterocycles. The molecule has 3 nitrogen and oxygen atoms in total. The Balaban J connectivity index is 2.27. The Bertz CT molecular complexity index is 391. The average Bonchev–Trinajstić information content (AvgIpc) is 2.41. The van der Waals surface area contributed by atoms with Gasteiger partial charge in [-0.1, -0.05) is 15.9 Å². The second-order valence-corrected chi connectivity index (χ2v) is 5.66. The number of rotatable bonds is 4. The van der Waals surface area contributed by atoms with Crippen molar-refractivity contribution in [3.8, 4) is 5.75 Å². The first kappa shape index (κ1) is 13.8. The van der Waals surface area contributed by atoms with Gasteiger partial charge in [-0.15, -0.1) is 0 Å². The fourth-order valence-electron chi connectivity index (χ4n) is 2.77. The number of hydrogen-bond acceptors (Lipinski definition) is 3. The summed E-state index contributed by atoms with van der Waals surface area (Å²) in [7, 11) is 3.77. The van der Waals surface area contributed by atoms with E-state index in [0.717, 1.165) is 23.3 Å². The van der Waals surface area contributed by atoms with Crippen LogP contribution in [0.5, 0.6) is 5.75 Å². The van der Waals surface area contributed by atoms with Gasteiger partial charge in [0, 0.05) is 16.1 Å². The van der Waals surface area contributed by atoms with Crippen LogP contribution in [0.1, 0.15) is 24.4 Å². The number of halogens is 1. The molecule has 1 fully saturated rings. The lowest BCUT2D eigenvalue weighted by Crippen LogP contribution is -2.35. The number of nitrogens with one attached hydrogen (secondary N) is 2. The van der Waals surface area contributed by atoms with Crippen LogP contribution < -0.4 is 15.4 Å². The lowest BCUT2D eigenvalue weighted by atomic mass is 9.85. The maximum atomic E-state index is 5.50. The zero-order valence-electron chi connectivity index (χ0n) is 11.0. The quantitative estimate of drug-likeness (QED) is 0.897. The van der Waals surface area contributed by atoms with Crippen molar-refractivity contribution in [1.29, 1.82) is 0 Å². The van der Waals surface area contributed by atoms with Crippen molar-refractivity contribution >= 4 is 15.9 Å². The molecule has 1 saturated heterocycles. The third-order valence-corrected chi connectivity index (χ3v) is 4.19. The number of piperidine rings is 1. The number of methoxy groups -OCH3 is 1. The van der Waals surface area contributed by atoms with Crippen LogP contribution in [-0.2, 0) is 0 Å². The third-order valence-electron chi connectivity index (χ3n) is 3.69. The summed E-state index contributed by atoms with van der Waals surface area (Å²) in [5.74, 6) is 1.63. The smallest absolute Gasteiger partial charge is 0.123 e. The van der Waals surface area contributed by atoms with Crippen molar-refractivity contribution in [2.75, 3.05) is 27.2 Å². The second kappa shape index (κ2) is 6.55. The topological polar surface area (TPSA) is 33.3 Å². The third kappa shape index (κ3) is 3.05. The summed E-state index contributed by atoms with van der Waals surface area (Å²) in [4.78, 5) is 0. The second-order valence-electron chi connectivity index (χ2n) is 4.74. The Morgan fingerprint density at radius 3 is 2.72 bits per heavy atom. The van der Waals surface area contributed by atoms with E-state index in [-0.39, 0.29) is 0 Å². The molecule has 100 valence electrons. The molecule has 0 aliphatic carbocycles. The molecule has 1 aliphatic rings. The Hall–Kier alpha value is -0.580. The van der Waals surface area contributed by atoms with Crippen molar-refractivity contribution in [1.82, 2.24) is 10.6 Å². The summed E-state index contributed by atoms with van der Waals surface area (Å²) in [6, 6.07) is 6.59. The van der Waals surface area contributed by atoms with Crippen LogP contribution >= 0.6 is 15.9 Å². The molecule has 0 saturated carbocycles. The van der Waals surface area contributed by atoms with Gasteiger partial charge in [-0.05, 0) is 57.1 Å². The number of benzene rings is 1. The monoisotopic (exact) mass is 312 g/mol. The minimum atomic E-state index is 0.361. The summed E-state index contributed by atoms with van der Waals surface area (Å²) in [6.45, 7) is 2.22. The van der Waals surface area contributed by atoms with Crippen molar-refractivity contribution in [3.05, 3.63) is 28.2 Å². The molecule has 1 aliphatic heterocycles. The summed E-state index contributed by atoms with van der Waals surface area (Å²) in [5.41, 5.74) is 1.25. The predicted molar refractivity (Wildman–Crippen MR) is 78.1 cm³/mol. The van der Waals surface area contributed by atoms with Gasteiger partial charge in [0.05, 0.1) is 7.11 Å². The number of ether oxygens (including phenoxy) is 1. The van der Waals surface area contributed by atoms with Crippen molar-refractivity contribution in [2.24, 2.45) is 5.92 Å². The van der Waals surface area contributed by atoms with Crippen molar-refractivity contribution < 1.29 is 4.74 Å². The molecule has 1 unspecified atom stereocenters. The molecule has 0 radical (unpaired) electrons. The van der Waals surface area contributed by atoms with Crippen molar-refractivity contribution in [2.45, 2.75) is 18.9 Å². The van der Waals surface area contributed by atoms with E-state index < -0.39 is 0 Å². The molecule has 0 spiro atoms. The first-order chi connectivity index (χ1) is 8.76. The van der Waals surface area contributed by atoms with Crippen LogP contribution in [0, 0.1) is 5.92 Å². The largest absolute Gasteiger partial charge is 0.496 e. The Kier molecular flexibility index (Phi) is 5.03. The van der Waals surface area contributed by atoms with Crippen LogP contribution in [-0.4, -0.2) is 27.2 Å². The first-order valence-electron chi connectivity index (χ1n) is 6.47. The van der Waals surface area contributed by atoms with E-state index >= 15 is 0 Å². The molecule has 1 aromatic rings. The highest BCUT2D eigenvalue weighted by atomic mass is 79.9. The maximum absolute atomic E-state index is 5.50. The molecular weight excluding hydrogens is 292 g/mol. The van der Waals surface area contributed by atoms with Gasteiger partial charge in [0.15, 0.2) is 0 Å². The Morgan fingerprint density at radius 2 is 2.11 bits per heavy atom. The fraction of sp³-hybridized carbons (Fsp3) is 0.571. The zero-order valence-corrected chi connectivity index (χ0v) is 12.6. The van der Waals surface area contributed by atoms with Gasteiger partial charge in [-0.2, -0.15) is 0 Å². The first-order valence-corrected chi connectivity index (χ1v) is 7.27. The summed E-state index contributed by atoms with van der Waals surface area (Å²) >= 11 is 3.55. The summed E-state index contributed by atoms with van der Waals surface area (Å²) in [5, 5.41) is 6.88. The predicted octanol–water partition coefficient (Wildman–Crippen LogP) is 2.72. The van der Waals surface area contributed by atoms with Gasteiger partial charge < -0.3 is 15.4 Å². The van der Waals surface area contributed by atoms with E-state index in [1.54, 1.807) is 7.11 Å². The molecule has 0 aromatic heterocycles. The molecule has 0 amide bonds. The van der Waals surface area contributed by atoms with Gasteiger partial charge in [0.2, 0.25) is 0 Å². The van der Waals surface area contributed by atoms with E-state index in [1.165, 1.54) is 18.4 Å². The summed E-state index contributed by atoms with van der Waals surface area (Å²) < 4.78 is 6.60. The van der Waals surface area contributed by atoms with Crippen LogP contribution in [0.25, 0.3) is 0 Å². The van der Waals surface area contributed by atoms with E-state index in [9.17, 15) is 0 Å². The molecule has 1 aromatic carbocycles. The molecular formula is C14H21BrN2O. The Labute approximate surface area is 117 Å². The summed E-state index contributed by atoms with van der Waals surface area (Å²) in [6.07, 6.45) is 2.42. The van der Waals surface area contributed by atoms with Gasteiger partial charge in [-0.3, -0.25) is 0 Å². The molecule has 2 rings (SSSR count). The van der Waals surface area contributed by atoms with Crippen LogP contribution in [0.3, 0.4) is 0 Å². The minimum absolute atomic E-state index is 0.361. The average molecular weight is 313 g/mol. The minimum Gasteiger partial charge on any atom is -0.496 e. The van der Waals surface area contributed by atoms with Crippen LogP contribution in [0.2, 0.25) is 0 Å². The van der Waals surface area contributed by atoms with Gasteiger partial charge in [0.1, 0.15) is 5.75 Å². The molecule has 0 bridgehead atoms. The van der Waals surface area contributed by atoms with Crippen LogP contribution in [0.15, 0.2) is 22.7 Å². The lowest BCUT2D eigenvalue weighted by molar-refractivity contribution is 0.286. The van der Waals surface area contributed by atoms with Crippen molar-refractivity contribution in [3.63, 3.8) is 0 Å². The molecule has 18 heavy (non-hydrogen) atoms. The normalized spacial score (nSPS) is 18.6. The number of hydrogen-bond donors (Lipinski definition) is 2. The highest BCUT2D eigenvalue weighted by Crippen LogP contribution is 2.35. The maximum Gasteiger partial charge on any atom is 0.123 e. The SMILES string of the molecule is CNC(c1cc(Br)ccc1OC)C1CCNCC1. The molecule has 2 N–H and O–H groups in total. The van der Waals surface area contributed by atoms with Gasteiger partial charge in [-0.25, -0.2) is 0 Å². The zero-order chi connectivity index (χ0) is 13.0. The van der Waals surface area contributed by atoms with Gasteiger partial charge in [0.25, 0.3) is 0 Å². The fourth-order valence-corrected chi connectivity index (χ4v) is 3.15. The van der Waals surface area contributed by atoms with E-state index in [4.69, 9.17) is 4.74 Å². The molecule has 4 heteroatoms.